The van der Waals surface area contributed by atoms with Crippen molar-refractivity contribution in [2.45, 2.75) is 63.8 Å². The fourth-order valence-corrected chi connectivity index (χ4v) is 6.74. The average Bonchev–Trinajstić information content (AvgIpc) is 2.61. The molecular weight excluding hydrogens is 276 g/mol. The van der Waals surface area contributed by atoms with Gasteiger partial charge in [-0.25, -0.2) is 0 Å². The Hall–Kier alpha value is 0.440. The highest BCUT2D eigenvalue weighted by molar-refractivity contribution is 9.09. The van der Waals surface area contributed by atoms with Gasteiger partial charge in [-0.1, -0.05) is 36.7 Å². The van der Waals surface area contributed by atoms with Gasteiger partial charge in [-0.2, -0.15) is 0 Å². The van der Waals surface area contributed by atoms with E-state index in [0.717, 1.165) is 11.8 Å². The highest BCUT2D eigenvalue weighted by Crippen LogP contribution is 2.73. The molecule has 1 nitrogen and oxygen atoms in total. The minimum Gasteiger partial charge on any atom is -0.389 e. The first kappa shape index (κ1) is 12.5. The molecule has 3 saturated carbocycles. The normalized spacial score (nSPS) is 60.4. The predicted molar refractivity (Wildman–Crippen MR) is 74.2 cm³/mol. The Morgan fingerprint density at radius 1 is 1.06 bits per heavy atom. The lowest BCUT2D eigenvalue weighted by molar-refractivity contribution is -0.0643. The van der Waals surface area contributed by atoms with Crippen LogP contribution in [0.2, 0.25) is 0 Å². The molecule has 17 heavy (non-hydrogen) atoms. The minimum atomic E-state index is -0.529. The third kappa shape index (κ3) is 1.30. The summed E-state index contributed by atoms with van der Waals surface area (Å²) >= 11 is 3.79. The van der Waals surface area contributed by atoms with E-state index >= 15 is 0 Å². The maximum atomic E-state index is 10.9. The van der Waals surface area contributed by atoms with Gasteiger partial charge in [-0.15, -0.1) is 0 Å². The first-order valence-corrected chi connectivity index (χ1v) is 8.01. The first-order valence-electron chi connectivity index (χ1n) is 7.09. The maximum Gasteiger partial charge on any atom is 0.0777 e. The summed E-state index contributed by atoms with van der Waals surface area (Å²) in [5.41, 5.74) is 0.292. The van der Waals surface area contributed by atoms with Crippen molar-refractivity contribution < 1.29 is 5.11 Å². The van der Waals surface area contributed by atoms with Gasteiger partial charge in [0.25, 0.3) is 0 Å². The van der Waals surface area contributed by atoms with Crippen LogP contribution in [0.4, 0.5) is 0 Å². The summed E-state index contributed by atoms with van der Waals surface area (Å²) in [6.07, 6.45) is 5.19. The molecule has 6 atom stereocenters. The lowest BCUT2D eigenvalue weighted by Gasteiger charge is -2.47. The van der Waals surface area contributed by atoms with Gasteiger partial charge in [0.15, 0.2) is 0 Å². The molecule has 1 spiro atoms. The number of hydrogen-bond donors (Lipinski definition) is 1. The van der Waals surface area contributed by atoms with Crippen LogP contribution in [0.15, 0.2) is 0 Å². The number of hydrogen-bond acceptors (Lipinski definition) is 1. The molecule has 0 aromatic heterocycles. The van der Waals surface area contributed by atoms with E-state index in [1.807, 2.05) is 0 Å². The minimum absolute atomic E-state index is 0.276. The molecule has 0 heterocycles. The van der Waals surface area contributed by atoms with Crippen LogP contribution in [0, 0.1) is 28.6 Å². The molecular formula is C15H25BrO. The molecule has 0 aromatic carbocycles. The summed E-state index contributed by atoms with van der Waals surface area (Å²) < 4.78 is 0. The van der Waals surface area contributed by atoms with Crippen LogP contribution in [0.25, 0.3) is 0 Å². The number of aliphatic hydroxyl groups is 1. The third-order valence-electron chi connectivity index (χ3n) is 6.84. The van der Waals surface area contributed by atoms with E-state index < -0.39 is 5.60 Å². The van der Waals surface area contributed by atoms with Crippen LogP contribution >= 0.6 is 15.9 Å². The van der Waals surface area contributed by atoms with Crippen LogP contribution < -0.4 is 0 Å². The van der Waals surface area contributed by atoms with Crippen LogP contribution in [0.3, 0.4) is 0 Å². The van der Waals surface area contributed by atoms with E-state index in [1.165, 1.54) is 25.7 Å². The van der Waals surface area contributed by atoms with E-state index in [0.29, 0.717) is 16.7 Å². The Bertz CT molecular complexity index is 349. The van der Waals surface area contributed by atoms with Gasteiger partial charge in [-0.3, -0.25) is 0 Å². The quantitative estimate of drug-likeness (QED) is 0.671. The van der Waals surface area contributed by atoms with E-state index in [2.05, 4.69) is 43.6 Å². The fraction of sp³-hybridized carbons (Fsp3) is 1.00. The van der Waals surface area contributed by atoms with Crippen LogP contribution in [0.1, 0.15) is 53.4 Å². The zero-order valence-corrected chi connectivity index (χ0v) is 13.0. The molecule has 2 bridgehead atoms. The van der Waals surface area contributed by atoms with E-state index in [1.54, 1.807) is 0 Å². The smallest absolute Gasteiger partial charge is 0.0777 e. The summed E-state index contributed by atoms with van der Waals surface area (Å²) in [5, 5.41) is 10.9. The Morgan fingerprint density at radius 2 is 1.71 bits per heavy atom. The fourth-order valence-electron chi connectivity index (χ4n) is 5.82. The monoisotopic (exact) mass is 300 g/mol. The van der Waals surface area contributed by atoms with Gasteiger partial charge in [0.1, 0.15) is 0 Å². The maximum absolute atomic E-state index is 10.9. The van der Waals surface area contributed by atoms with Gasteiger partial charge >= 0.3 is 0 Å². The SMILES string of the molecule is C[C@@H]1CC[C@H]2C(C)(C)[C@H]3C[C@@]12C[C@H](Br)[C@]3(C)O. The zero-order valence-electron chi connectivity index (χ0n) is 11.5. The van der Waals surface area contributed by atoms with Crippen molar-refractivity contribution in [2.75, 3.05) is 0 Å². The molecule has 98 valence electrons. The van der Waals surface area contributed by atoms with E-state index in [9.17, 15) is 5.11 Å². The lowest BCUT2D eigenvalue weighted by Crippen LogP contribution is -2.51. The van der Waals surface area contributed by atoms with Crippen LogP contribution in [0.5, 0.6) is 0 Å². The summed E-state index contributed by atoms with van der Waals surface area (Å²) in [6, 6.07) is 0. The largest absolute Gasteiger partial charge is 0.389 e. The average molecular weight is 301 g/mol. The molecule has 3 aliphatic rings. The van der Waals surface area contributed by atoms with Crippen LogP contribution in [-0.4, -0.2) is 15.5 Å². The molecule has 0 saturated heterocycles. The summed E-state index contributed by atoms with van der Waals surface area (Å²) in [5.74, 6) is 2.12. The Kier molecular flexibility index (Phi) is 2.42. The van der Waals surface area contributed by atoms with Gasteiger partial charge in [0.2, 0.25) is 0 Å². The number of rotatable bonds is 0. The molecule has 3 aliphatic carbocycles. The van der Waals surface area contributed by atoms with Crippen LogP contribution in [-0.2, 0) is 0 Å². The van der Waals surface area contributed by atoms with Crippen molar-refractivity contribution >= 4 is 15.9 Å². The Balaban J connectivity index is 2.10. The lowest BCUT2D eigenvalue weighted by atomic mass is 9.64. The summed E-state index contributed by atoms with van der Waals surface area (Å²) in [4.78, 5) is 0.276. The first-order chi connectivity index (χ1) is 7.73. The Labute approximate surface area is 113 Å². The van der Waals surface area contributed by atoms with Gasteiger partial charge < -0.3 is 5.11 Å². The zero-order chi connectivity index (χ0) is 12.6. The van der Waals surface area contributed by atoms with Gasteiger partial charge in [-0.05, 0) is 61.2 Å². The molecule has 0 amide bonds. The topological polar surface area (TPSA) is 20.2 Å². The standard InChI is InChI=1S/C15H25BrO/c1-9-5-6-10-13(2,3)11-7-15(9,10)8-12(16)14(11,4)17/h9-12,17H,5-8H2,1-4H3/t9-,10+,11-,12+,14-,15-/m1/s1. The highest BCUT2D eigenvalue weighted by Gasteiger charge is 2.69. The number of halogens is 1. The van der Waals surface area contributed by atoms with Crippen molar-refractivity contribution in [1.82, 2.24) is 0 Å². The van der Waals surface area contributed by atoms with Crippen molar-refractivity contribution in [1.29, 1.82) is 0 Å². The molecule has 1 N–H and O–H groups in total. The molecule has 3 rings (SSSR count). The molecule has 3 fully saturated rings. The highest BCUT2D eigenvalue weighted by atomic mass is 79.9. The number of fused-ring (bicyclic) bond motifs is 1. The predicted octanol–water partition coefficient (Wildman–Crippen LogP) is 3.98. The van der Waals surface area contributed by atoms with Gasteiger partial charge in [0, 0.05) is 4.83 Å². The summed E-state index contributed by atoms with van der Waals surface area (Å²) in [6.45, 7) is 9.30. The van der Waals surface area contributed by atoms with Crippen molar-refractivity contribution in [3.05, 3.63) is 0 Å². The Morgan fingerprint density at radius 3 is 2.35 bits per heavy atom. The molecule has 0 radical (unpaired) electrons. The second-order valence-electron chi connectivity index (χ2n) is 7.74. The van der Waals surface area contributed by atoms with Gasteiger partial charge in [0.05, 0.1) is 5.60 Å². The molecule has 2 heteroatoms. The summed E-state index contributed by atoms with van der Waals surface area (Å²) in [7, 11) is 0. The third-order valence-corrected chi connectivity index (χ3v) is 8.09. The molecule has 0 unspecified atom stereocenters. The van der Waals surface area contributed by atoms with E-state index in [4.69, 9.17) is 0 Å². The second-order valence-corrected chi connectivity index (χ2v) is 8.85. The molecule has 0 aromatic rings. The van der Waals surface area contributed by atoms with Crippen molar-refractivity contribution in [3.63, 3.8) is 0 Å². The van der Waals surface area contributed by atoms with Crippen molar-refractivity contribution in [3.8, 4) is 0 Å². The number of alkyl halides is 1. The second kappa shape index (κ2) is 3.30. The molecule has 0 aliphatic heterocycles. The van der Waals surface area contributed by atoms with Crippen molar-refractivity contribution in [2.24, 2.45) is 28.6 Å². The van der Waals surface area contributed by atoms with E-state index in [-0.39, 0.29) is 4.83 Å².